The van der Waals surface area contributed by atoms with E-state index in [9.17, 15) is 9.00 Å². The summed E-state index contributed by atoms with van der Waals surface area (Å²) in [7, 11) is -1.22. The molecule has 1 aromatic carbocycles. The molecule has 0 aliphatic heterocycles. The van der Waals surface area contributed by atoms with Gasteiger partial charge in [0.1, 0.15) is 5.75 Å². The van der Waals surface area contributed by atoms with Gasteiger partial charge in [-0.2, -0.15) is 0 Å². The van der Waals surface area contributed by atoms with Crippen molar-refractivity contribution in [3.63, 3.8) is 0 Å². The fraction of sp³-hybridized carbons (Fsp3) is 0.154. The summed E-state index contributed by atoms with van der Waals surface area (Å²) in [4.78, 5) is 11.8. The summed E-state index contributed by atoms with van der Waals surface area (Å²) < 4.78 is 11.5. The molecule has 5 heteroatoms. The number of carbonyl (C=O) groups is 1. The van der Waals surface area contributed by atoms with Crippen molar-refractivity contribution in [3.05, 3.63) is 47.3 Å². The molecular weight excluding hydrogens is 266 g/mol. The summed E-state index contributed by atoms with van der Waals surface area (Å²) in [6.07, 6.45) is 0. The van der Waals surface area contributed by atoms with E-state index in [1.54, 1.807) is 11.3 Å². The van der Waals surface area contributed by atoms with E-state index in [-0.39, 0.29) is 5.75 Å². The number of hydrogen-bond acceptors (Lipinski definition) is 3. The molecule has 1 aromatic heterocycles. The SMILES string of the molecule is NC(=O)C[S@@](=O)Cc1ccc(-c2cccs2)cc1. The summed E-state index contributed by atoms with van der Waals surface area (Å²) in [6, 6.07) is 12.0. The number of rotatable bonds is 5. The van der Waals surface area contributed by atoms with Gasteiger partial charge in [0, 0.05) is 21.4 Å². The highest BCUT2D eigenvalue weighted by Gasteiger charge is 2.06. The predicted octanol–water partition coefficient (Wildman–Crippen LogP) is 2.15. The highest BCUT2D eigenvalue weighted by atomic mass is 32.2. The van der Waals surface area contributed by atoms with Crippen LogP contribution in [-0.4, -0.2) is 15.9 Å². The van der Waals surface area contributed by atoms with Crippen LogP contribution in [0.15, 0.2) is 41.8 Å². The van der Waals surface area contributed by atoms with Crippen LogP contribution >= 0.6 is 11.3 Å². The number of hydrogen-bond donors (Lipinski definition) is 1. The highest BCUT2D eigenvalue weighted by molar-refractivity contribution is 7.84. The van der Waals surface area contributed by atoms with E-state index in [2.05, 4.69) is 6.07 Å². The smallest absolute Gasteiger partial charge is 0.230 e. The molecule has 1 heterocycles. The van der Waals surface area contributed by atoms with Crippen molar-refractivity contribution in [1.29, 1.82) is 0 Å². The van der Waals surface area contributed by atoms with Crippen LogP contribution in [0.4, 0.5) is 0 Å². The van der Waals surface area contributed by atoms with Crippen molar-refractivity contribution in [2.45, 2.75) is 5.75 Å². The average molecular weight is 279 g/mol. The van der Waals surface area contributed by atoms with Crippen LogP contribution in [0.2, 0.25) is 0 Å². The van der Waals surface area contributed by atoms with Crippen LogP contribution < -0.4 is 5.73 Å². The van der Waals surface area contributed by atoms with Gasteiger partial charge in [0.25, 0.3) is 0 Å². The lowest BCUT2D eigenvalue weighted by molar-refractivity contribution is -0.115. The lowest BCUT2D eigenvalue weighted by atomic mass is 10.1. The molecule has 0 unspecified atom stereocenters. The maximum Gasteiger partial charge on any atom is 0.230 e. The third-order valence-corrected chi connectivity index (χ3v) is 4.57. The zero-order valence-corrected chi connectivity index (χ0v) is 11.3. The molecule has 0 radical (unpaired) electrons. The number of primary amides is 1. The highest BCUT2D eigenvalue weighted by Crippen LogP contribution is 2.24. The number of carbonyl (C=O) groups excluding carboxylic acids is 1. The summed E-state index contributed by atoms with van der Waals surface area (Å²) >= 11 is 1.68. The molecule has 2 rings (SSSR count). The summed E-state index contributed by atoms with van der Waals surface area (Å²) in [5.74, 6) is -0.233. The second kappa shape index (κ2) is 5.93. The van der Waals surface area contributed by atoms with Crippen molar-refractivity contribution < 1.29 is 9.00 Å². The van der Waals surface area contributed by atoms with E-state index >= 15 is 0 Å². The fourth-order valence-electron chi connectivity index (χ4n) is 1.60. The van der Waals surface area contributed by atoms with E-state index in [4.69, 9.17) is 5.73 Å². The van der Waals surface area contributed by atoms with Crippen LogP contribution in [-0.2, 0) is 21.3 Å². The first-order chi connectivity index (χ1) is 8.65. The Kier molecular flexibility index (Phi) is 4.28. The minimum Gasteiger partial charge on any atom is -0.369 e. The Bertz CT molecular complexity index is 547. The number of amides is 1. The van der Waals surface area contributed by atoms with Gasteiger partial charge in [-0.05, 0) is 22.6 Å². The summed E-state index contributed by atoms with van der Waals surface area (Å²) in [5, 5.41) is 2.03. The van der Waals surface area contributed by atoms with Gasteiger partial charge in [0.2, 0.25) is 5.91 Å². The topological polar surface area (TPSA) is 60.2 Å². The first-order valence-electron chi connectivity index (χ1n) is 5.41. The largest absolute Gasteiger partial charge is 0.369 e. The Hall–Kier alpha value is -1.46. The summed E-state index contributed by atoms with van der Waals surface area (Å²) in [5.41, 5.74) is 7.11. The minimum atomic E-state index is -1.22. The Morgan fingerprint density at radius 1 is 1.22 bits per heavy atom. The molecule has 94 valence electrons. The second-order valence-electron chi connectivity index (χ2n) is 3.87. The maximum atomic E-state index is 11.5. The van der Waals surface area contributed by atoms with Crippen molar-refractivity contribution >= 4 is 28.0 Å². The Labute approximate surface area is 112 Å². The van der Waals surface area contributed by atoms with E-state index in [1.165, 1.54) is 4.88 Å². The normalized spacial score (nSPS) is 12.2. The molecular formula is C13H13NO2S2. The van der Waals surface area contributed by atoms with Gasteiger partial charge in [-0.3, -0.25) is 9.00 Å². The van der Waals surface area contributed by atoms with Gasteiger partial charge in [-0.1, -0.05) is 30.3 Å². The van der Waals surface area contributed by atoms with Gasteiger partial charge >= 0.3 is 0 Å². The molecule has 2 N–H and O–H groups in total. The zero-order chi connectivity index (χ0) is 13.0. The Balaban J connectivity index is 2.04. The first-order valence-corrected chi connectivity index (χ1v) is 7.78. The van der Waals surface area contributed by atoms with E-state index in [0.29, 0.717) is 5.75 Å². The molecule has 0 saturated carbocycles. The molecule has 0 fully saturated rings. The van der Waals surface area contributed by atoms with Crippen LogP contribution in [0.25, 0.3) is 10.4 Å². The second-order valence-corrected chi connectivity index (χ2v) is 6.27. The van der Waals surface area contributed by atoms with Gasteiger partial charge in [-0.25, -0.2) is 0 Å². The third kappa shape index (κ3) is 3.51. The van der Waals surface area contributed by atoms with E-state index in [1.807, 2.05) is 35.7 Å². The molecule has 0 aliphatic carbocycles. The van der Waals surface area contributed by atoms with Gasteiger partial charge < -0.3 is 5.73 Å². The van der Waals surface area contributed by atoms with E-state index in [0.717, 1.165) is 11.1 Å². The van der Waals surface area contributed by atoms with Crippen LogP contribution in [0.5, 0.6) is 0 Å². The fourth-order valence-corrected chi connectivity index (χ4v) is 3.32. The molecule has 0 bridgehead atoms. The third-order valence-electron chi connectivity index (χ3n) is 2.39. The molecule has 1 amide bonds. The number of thiophene rings is 1. The Morgan fingerprint density at radius 2 is 1.94 bits per heavy atom. The predicted molar refractivity (Wildman–Crippen MR) is 75.7 cm³/mol. The molecule has 2 aromatic rings. The Morgan fingerprint density at radius 3 is 2.50 bits per heavy atom. The standard InChI is InChI=1S/C13H13NO2S2/c14-13(15)9-18(16)8-10-3-5-11(6-4-10)12-2-1-7-17-12/h1-7H,8-9H2,(H2,14,15)/t18-/m0/s1. The van der Waals surface area contributed by atoms with Crippen LogP contribution in [0, 0.1) is 0 Å². The molecule has 1 atom stereocenters. The van der Waals surface area contributed by atoms with Crippen molar-refractivity contribution in [3.8, 4) is 10.4 Å². The first kappa shape index (κ1) is 13.0. The summed E-state index contributed by atoms with van der Waals surface area (Å²) in [6.45, 7) is 0. The van der Waals surface area contributed by atoms with Crippen molar-refractivity contribution in [2.24, 2.45) is 5.73 Å². The lowest BCUT2D eigenvalue weighted by Crippen LogP contribution is -2.20. The number of nitrogens with two attached hydrogens (primary N) is 1. The van der Waals surface area contributed by atoms with Gasteiger partial charge in [0.05, 0.1) is 0 Å². The van der Waals surface area contributed by atoms with Crippen LogP contribution in [0.3, 0.4) is 0 Å². The number of benzene rings is 1. The molecule has 18 heavy (non-hydrogen) atoms. The maximum absolute atomic E-state index is 11.5. The molecule has 3 nitrogen and oxygen atoms in total. The van der Waals surface area contributed by atoms with Gasteiger partial charge in [0.15, 0.2) is 0 Å². The zero-order valence-electron chi connectivity index (χ0n) is 9.67. The van der Waals surface area contributed by atoms with Gasteiger partial charge in [-0.15, -0.1) is 11.3 Å². The molecule has 0 spiro atoms. The molecule has 0 aliphatic rings. The van der Waals surface area contributed by atoms with Crippen molar-refractivity contribution in [2.75, 3.05) is 5.75 Å². The average Bonchev–Trinajstić information content (AvgIpc) is 2.82. The monoisotopic (exact) mass is 279 g/mol. The van der Waals surface area contributed by atoms with Crippen molar-refractivity contribution in [1.82, 2.24) is 0 Å². The van der Waals surface area contributed by atoms with E-state index < -0.39 is 16.7 Å². The minimum absolute atomic E-state index is 0.0767. The van der Waals surface area contributed by atoms with Crippen LogP contribution in [0.1, 0.15) is 5.56 Å². The quantitative estimate of drug-likeness (QED) is 0.911. The molecule has 0 saturated heterocycles. The lowest BCUT2D eigenvalue weighted by Gasteiger charge is -2.02.